The van der Waals surface area contributed by atoms with E-state index < -0.39 is 0 Å². The van der Waals surface area contributed by atoms with Gasteiger partial charge in [-0.3, -0.25) is 0 Å². The number of nitrogens with zero attached hydrogens (tertiary/aromatic N) is 1. The van der Waals surface area contributed by atoms with Crippen molar-refractivity contribution in [2.24, 2.45) is 0 Å². The molecule has 1 aliphatic heterocycles. The molecule has 0 radical (unpaired) electrons. The maximum absolute atomic E-state index is 9.21. The van der Waals surface area contributed by atoms with Crippen LogP contribution in [0.1, 0.15) is 0 Å². The summed E-state index contributed by atoms with van der Waals surface area (Å²) < 4.78 is 1.10. The van der Waals surface area contributed by atoms with Gasteiger partial charge in [0.25, 0.3) is 0 Å². The summed E-state index contributed by atoms with van der Waals surface area (Å²) in [5.74, 6) is 0.955. The first-order valence-corrected chi connectivity index (χ1v) is 6.27. The van der Waals surface area contributed by atoms with E-state index in [1.807, 2.05) is 30.9 Å². The third-order valence-corrected chi connectivity index (χ3v) is 4.32. The second-order valence-corrected chi connectivity index (χ2v) is 5.26. The van der Waals surface area contributed by atoms with Crippen LogP contribution in [0.4, 0.5) is 5.69 Å². The van der Waals surface area contributed by atoms with Crippen molar-refractivity contribution in [1.29, 1.82) is 0 Å². The lowest BCUT2D eigenvalue weighted by atomic mass is 10.2. The quantitative estimate of drug-likeness (QED) is 0.850. The number of hydrogen-bond donors (Lipinski definition) is 1. The van der Waals surface area contributed by atoms with Gasteiger partial charge in [-0.1, -0.05) is 6.07 Å². The third kappa shape index (κ3) is 1.66. The minimum absolute atomic E-state index is 0.213. The maximum Gasteiger partial charge on any atom is 0.0649 e. The minimum atomic E-state index is 0.213. The highest BCUT2D eigenvalue weighted by atomic mass is 79.9. The molecule has 0 aliphatic carbocycles. The van der Waals surface area contributed by atoms with E-state index in [2.05, 4.69) is 26.9 Å². The molecule has 1 aromatic carbocycles. The van der Waals surface area contributed by atoms with Crippen LogP contribution in [0.3, 0.4) is 0 Å². The molecule has 2 rings (SSSR count). The molecule has 1 aromatic rings. The number of halogens is 1. The van der Waals surface area contributed by atoms with E-state index in [0.29, 0.717) is 0 Å². The molecular weight excluding hydrogens is 262 g/mol. The van der Waals surface area contributed by atoms with Crippen molar-refractivity contribution in [2.75, 3.05) is 24.3 Å². The van der Waals surface area contributed by atoms with Crippen LogP contribution in [0.15, 0.2) is 27.6 Å². The van der Waals surface area contributed by atoms with E-state index in [1.54, 1.807) is 0 Å². The Labute approximate surface area is 96.4 Å². The van der Waals surface area contributed by atoms with Gasteiger partial charge in [-0.2, -0.15) is 0 Å². The number of anilines is 1. The zero-order chi connectivity index (χ0) is 10.1. The van der Waals surface area contributed by atoms with Crippen LogP contribution >= 0.6 is 27.7 Å². The average Bonchev–Trinajstić information content (AvgIpc) is 2.18. The molecule has 0 aromatic heterocycles. The second-order valence-electron chi connectivity index (χ2n) is 3.34. The van der Waals surface area contributed by atoms with Crippen LogP contribution in [0, 0.1) is 0 Å². The molecule has 4 heteroatoms. The van der Waals surface area contributed by atoms with Gasteiger partial charge in [0, 0.05) is 22.2 Å². The Morgan fingerprint density at radius 2 is 2.43 bits per heavy atom. The van der Waals surface area contributed by atoms with Crippen molar-refractivity contribution >= 4 is 33.4 Å². The summed E-state index contributed by atoms with van der Waals surface area (Å²) in [6, 6.07) is 6.43. The van der Waals surface area contributed by atoms with E-state index in [-0.39, 0.29) is 12.6 Å². The lowest BCUT2D eigenvalue weighted by molar-refractivity contribution is 0.271. The SMILES string of the molecule is CN1c2c(Br)cccc2SCC1CO. The van der Waals surface area contributed by atoms with Gasteiger partial charge >= 0.3 is 0 Å². The summed E-state index contributed by atoms with van der Waals surface area (Å²) in [6.45, 7) is 0.213. The number of thioether (sulfide) groups is 1. The van der Waals surface area contributed by atoms with Crippen molar-refractivity contribution in [2.45, 2.75) is 10.9 Å². The normalized spacial score (nSPS) is 20.8. The lowest BCUT2D eigenvalue weighted by Crippen LogP contribution is -2.39. The van der Waals surface area contributed by atoms with Gasteiger partial charge in [0.2, 0.25) is 0 Å². The zero-order valence-electron chi connectivity index (χ0n) is 7.90. The first-order valence-electron chi connectivity index (χ1n) is 4.49. The van der Waals surface area contributed by atoms with Gasteiger partial charge in [-0.15, -0.1) is 11.8 Å². The number of aliphatic hydroxyl groups is 1. The summed E-state index contributed by atoms with van der Waals surface area (Å²) in [5, 5.41) is 9.21. The first-order chi connectivity index (χ1) is 6.74. The Morgan fingerprint density at radius 3 is 3.14 bits per heavy atom. The van der Waals surface area contributed by atoms with Crippen LogP contribution in [-0.4, -0.2) is 30.6 Å². The van der Waals surface area contributed by atoms with Crippen LogP contribution in [0.2, 0.25) is 0 Å². The minimum Gasteiger partial charge on any atom is -0.394 e. The summed E-state index contributed by atoms with van der Waals surface area (Å²) in [4.78, 5) is 3.43. The van der Waals surface area contributed by atoms with Crippen LogP contribution in [-0.2, 0) is 0 Å². The Morgan fingerprint density at radius 1 is 1.64 bits per heavy atom. The smallest absolute Gasteiger partial charge is 0.0649 e. The molecule has 0 amide bonds. The number of aliphatic hydroxyl groups excluding tert-OH is 1. The van der Waals surface area contributed by atoms with Crippen LogP contribution < -0.4 is 4.90 Å². The molecular formula is C10H12BrNOS. The fourth-order valence-electron chi connectivity index (χ4n) is 1.61. The molecule has 1 N–H and O–H groups in total. The zero-order valence-corrected chi connectivity index (χ0v) is 10.3. The average molecular weight is 274 g/mol. The highest BCUT2D eigenvalue weighted by Gasteiger charge is 2.24. The number of hydrogen-bond acceptors (Lipinski definition) is 3. The van der Waals surface area contributed by atoms with Crippen molar-refractivity contribution in [1.82, 2.24) is 0 Å². The number of likely N-dealkylation sites (N-methyl/N-ethyl adjacent to an activating group) is 1. The van der Waals surface area contributed by atoms with Gasteiger partial charge < -0.3 is 10.0 Å². The number of fused-ring (bicyclic) bond motifs is 1. The van der Waals surface area contributed by atoms with E-state index >= 15 is 0 Å². The summed E-state index contributed by atoms with van der Waals surface area (Å²) >= 11 is 5.35. The van der Waals surface area contributed by atoms with E-state index in [4.69, 9.17) is 0 Å². The highest BCUT2D eigenvalue weighted by Crippen LogP contribution is 2.41. The second kappa shape index (κ2) is 4.13. The van der Waals surface area contributed by atoms with Crippen molar-refractivity contribution < 1.29 is 5.11 Å². The molecule has 1 unspecified atom stereocenters. The molecule has 1 aliphatic rings. The summed E-state index contributed by atoms with van der Waals surface area (Å²) in [5.41, 5.74) is 1.20. The molecule has 14 heavy (non-hydrogen) atoms. The van der Waals surface area contributed by atoms with Gasteiger partial charge in [0.05, 0.1) is 18.3 Å². The van der Waals surface area contributed by atoms with Gasteiger partial charge in [-0.25, -0.2) is 0 Å². The molecule has 0 bridgehead atoms. The largest absolute Gasteiger partial charge is 0.394 e. The Bertz CT molecular complexity index is 345. The summed E-state index contributed by atoms with van der Waals surface area (Å²) in [7, 11) is 2.03. The fraction of sp³-hybridized carbons (Fsp3) is 0.400. The highest BCUT2D eigenvalue weighted by molar-refractivity contribution is 9.10. The Balaban J connectivity index is 2.43. The Hall–Kier alpha value is -0.190. The standard InChI is InChI=1S/C10H12BrNOS/c1-12-7(5-13)6-14-9-4-2-3-8(11)10(9)12/h2-4,7,13H,5-6H2,1H3. The first kappa shape index (κ1) is 10.3. The molecule has 0 saturated carbocycles. The Kier molecular flexibility index (Phi) is 3.04. The van der Waals surface area contributed by atoms with Crippen LogP contribution in [0.25, 0.3) is 0 Å². The van der Waals surface area contributed by atoms with Gasteiger partial charge in [-0.05, 0) is 28.1 Å². The topological polar surface area (TPSA) is 23.5 Å². The van der Waals surface area contributed by atoms with E-state index in [0.717, 1.165) is 10.2 Å². The monoisotopic (exact) mass is 273 g/mol. The molecule has 0 saturated heterocycles. The van der Waals surface area contributed by atoms with Gasteiger partial charge in [0.1, 0.15) is 0 Å². The predicted octanol–water partition coefficient (Wildman–Crippen LogP) is 2.35. The maximum atomic E-state index is 9.21. The van der Waals surface area contributed by atoms with Crippen molar-refractivity contribution in [3.63, 3.8) is 0 Å². The summed E-state index contributed by atoms with van der Waals surface area (Å²) in [6.07, 6.45) is 0. The predicted molar refractivity (Wildman–Crippen MR) is 64.1 cm³/mol. The van der Waals surface area contributed by atoms with E-state index in [1.165, 1.54) is 10.6 Å². The molecule has 1 atom stereocenters. The lowest BCUT2D eigenvalue weighted by Gasteiger charge is -2.35. The molecule has 0 fully saturated rings. The number of benzene rings is 1. The third-order valence-electron chi connectivity index (χ3n) is 2.49. The molecule has 0 spiro atoms. The molecule has 76 valence electrons. The van der Waals surface area contributed by atoms with Crippen molar-refractivity contribution in [3.8, 4) is 0 Å². The van der Waals surface area contributed by atoms with Crippen molar-refractivity contribution in [3.05, 3.63) is 22.7 Å². The number of rotatable bonds is 1. The number of para-hydroxylation sites is 1. The van der Waals surface area contributed by atoms with Crippen LogP contribution in [0.5, 0.6) is 0 Å². The fourth-order valence-corrected chi connectivity index (χ4v) is 3.65. The molecule has 2 nitrogen and oxygen atoms in total. The molecule has 1 heterocycles. The van der Waals surface area contributed by atoms with Gasteiger partial charge in [0.15, 0.2) is 0 Å². The van der Waals surface area contributed by atoms with E-state index in [9.17, 15) is 5.11 Å².